The maximum atomic E-state index is 6.34. The molecule has 0 aromatic heterocycles. The molecule has 1 aliphatic carbocycles. The van der Waals surface area contributed by atoms with Crippen LogP contribution in [0.5, 0.6) is 11.5 Å². The fraction of sp³-hybridized carbons (Fsp3) is 0.429. The van der Waals surface area contributed by atoms with Crippen LogP contribution in [-0.4, -0.2) is 24.2 Å². The highest BCUT2D eigenvalue weighted by Crippen LogP contribution is 2.41. The van der Waals surface area contributed by atoms with Crippen molar-refractivity contribution in [1.29, 1.82) is 0 Å². The lowest BCUT2D eigenvalue weighted by Crippen LogP contribution is -2.41. The van der Waals surface area contributed by atoms with Gasteiger partial charge in [0.1, 0.15) is 17.1 Å². The molecule has 1 unspecified atom stereocenters. The largest absolute Gasteiger partial charge is 0.497 e. The van der Waals surface area contributed by atoms with Crippen LogP contribution in [0.3, 0.4) is 0 Å². The summed E-state index contributed by atoms with van der Waals surface area (Å²) in [5.74, 6) is 1.86. The van der Waals surface area contributed by atoms with E-state index in [0.717, 1.165) is 35.5 Å². The smallest absolute Gasteiger partial charge is 0.124 e. The molecule has 1 aliphatic heterocycles. The van der Waals surface area contributed by atoms with Crippen molar-refractivity contribution in [1.82, 2.24) is 4.90 Å². The highest BCUT2D eigenvalue weighted by atomic mass is 79.9. The zero-order valence-electron chi connectivity index (χ0n) is 15.0. The number of nitrogens with zero attached hydrogens (tertiary/aromatic N) is 1. The Hall–Kier alpha value is -1.52. The number of methoxy groups -OCH3 is 1. The summed E-state index contributed by atoms with van der Waals surface area (Å²) < 4.78 is 12.9. The summed E-state index contributed by atoms with van der Waals surface area (Å²) in [4.78, 5) is 2.57. The number of rotatable bonds is 2. The van der Waals surface area contributed by atoms with Crippen molar-refractivity contribution in [2.45, 2.75) is 44.9 Å². The first-order valence-electron chi connectivity index (χ1n) is 8.83. The summed E-state index contributed by atoms with van der Waals surface area (Å²) in [6, 6.07) is 13.3. The van der Waals surface area contributed by atoms with E-state index in [1.165, 1.54) is 23.1 Å². The van der Waals surface area contributed by atoms with Gasteiger partial charge in [0.2, 0.25) is 0 Å². The van der Waals surface area contributed by atoms with E-state index in [2.05, 4.69) is 58.9 Å². The Balaban J connectivity index is 1.72. The van der Waals surface area contributed by atoms with Crippen LogP contribution in [0.2, 0.25) is 0 Å². The van der Waals surface area contributed by atoms with Gasteiger partial charge >= 0.3 is 0 Å². The van der Waals surface area contributed by atoms with E-state index in [1.54, 1.807) is 7.11 Å². The molecule has 0 fully saturated rings. The van der Waals surface area contributed by atoms with Crippen LogP contribution in [0, 0.1) is 0 Å². The van der Waals surface area contributed by atoms with Crippen molar-refractivity contribution in [3.63, 3.8) is 0 Å². The van der Waals surface area contributed by atoms with Crippen LogP contribution in [0.15, 0.2) is 40.9 Å². The SMILES string of the molecule is COc1ccc2c(c1)CN(C1CCc3ccc(Br)cc31)CC(C)(C)O2. The van der Waals surface area contributed by atoms with Gasteiger partial charge in [-0.05, 0) is 68.1 Å². The van der Waals surface area contributed by atoms with Gasteiger partial charge in [-0.3, -0.25) is 4.90 Å². The first kappa shape index (κ1) is 16.9. The Morgan fingerprint density at radius 2 is 2.00 bits per heavy atom. The molecule has 0 bridgehead atoms. The molecule has 2 aliphatic rings. The maximum absolute atomic E-state index is 6.34. The average molecular weight is 402 g/mol. The summed E-state index contributed by atoms with van der Waals surface area (Å²) in [5, 5.41) is 0. The maximum Gasteiger partial charge on any atom is 0.124 e. The fourth-order valence-corrected chi connectivity index (χ4v) is 4.53. The molecule has 25 heavy (non-hydrogen) atoms. The molecule has 1 atom stereocenters. The Morgan fingerprint density at radius 1 is 1.16 bits per heavy atom. The van der Waals surface area contributed by atoms with Gasteiger partial charge in [-0.2, -0.15) is 0 Å². The lowest BCUT2D eigenvalue weighted by Gasteiger charge is -2.33. The van der Waals surface area contributed by atoms with Gasteiger partial charge in [-0.1, -0.05) is 22.0 Å². The van der Waals surface area contributed by atoms with E-state index in [4.69, 9.17) is 9.47 Å². The van der Waals surface area contributed by atoms with Gasteiger partial charge < -0.3 is 9.47 Å². The molecule has 2 aromatic carbocycles. The lowest BCUT2D eigenvalue weighted by atomic mass is 10.0. The van der Waals surface area contributed by atoms with Crippen LogP contribution in [-0.2, 0) is 13.0 Å². The van der Waals surface area contributed by atoms with Crippen LogP contribution in [0.25, 0.3) is 0 Å². The Labute approximate surface area is 158 Å². The molecule has 4 rings (SSSR count). The van der Waals surface area contributed by atoms with Gasteiger partial charge in [0, 0.05) is 29.2 Å². The minimum Gasteiger partial charge on any atom is -0.497 e. The van der Waals surface area contributed by atoms with Crippen molar-refractivity contribution < 1.29 is 9.47 Å². The number of hydrogen-bond acceptors (Lipinski definition) is 3. The highest BCUT2D eigenvalue weighted by Gasteiger charge is 2.35. The lowest BCUT2D eigenvalue weighted by molar-refractivity contribution is 0.0521. The molecule has 3 nitrogen and oxygen atoms in total. The second-order valence-electron chi connectivity index (χ2n) is 7.64. The summed E-state index contributed by atoms with van der Waals surface area (Å²) in [6.07, 6.45) is 2.32. The molecule has 1 heterocycles. The molecular formula is C21H24BrNO2. The molecule has 132 valence electrons. The van der Waals surface area contributed by atoms with E-state index in [1.807, 2.05) is 12.1 Å². The fourth-order valence-electron chi connectivity index (χ4n) is 4.15. The number of aryl methyl sites for hydroxylation is 1. The van der Waals surface area contributed by atoms with Crippen molar-refractivity contribution in [3.05, 3.63) is 57.6 Å². The van der Waals surface area contributed by atoms with Gasteiger partial charge in [0.15, 0.2) is 0 Å². The van der Waals surface area contributed by atoms with Gasteiger partial charge in [-0.25, -0.2) is 0 Å². The molecule has 0 saturated heterocycles. The molecule has 2 aromatic rings. The second-order valence-corrected chi connectivity index (χ2v) is 8.55. The first-order chi connectivity index (χ1) is 11.9. The molecule has 0 N–H and O–H groups in total. The third-order valence-electron chi connectivity index (χ3n) is 5.21. The third-order valence-corrected chi connectivity index (χ3v) is 5.70. The number of ether oxygens (including phenoxy) is 2. The average Bonchev–Trinajstić information content (AvgIpc) is 2.92. The Kier molecular flexibility index (Phi) is 4.28. The van der Waals surface area contributed by atoms with E-state index < -0.39 is 0 Å². The quantitative estimate of drug-likeness (QED) is 0.696. The van der Waals surface area contributed by atoms with Crippen molar-refractivity contribution >= 4 is 15.9 Å². The van der Waals surface area contributed by atoms with Gasteiger partial charge in [-0.15, -0.1) is 0 Å². The van der Waals surface area contributed by atoms with Gasteiger partial charge in [0.05, 0.1) is 7.11 Å². The normalized spacial score (nSPS) is 21.8. The summed E-state index contributed by atoms with van der Waals surface area (Å²) in [5.41, 5.74) is 3.90. The second kappa shape index (κ2) is 6.33. The topological polar surface area (TPSA) is 21.7 Å². The van der Waals surface area contributed by atoms with Gasteiger partial charge in [0.25, 0.3) is 0 Å². The highest BCUT2D eigenvalue weighted by molar-refractivity contribution is 9.10. The molecule has 0 spiro atoms. The van der Waals surface area contributed by atoms with Crippen molar-refractivity contribution in [2.24, 2.45) is 0 Å². The number of fused-ring (bicyclic) bond motifs is 2. The number of hydrogen-bond donors (Lipinski definition) is 0. The Bertz CT molecular complexity index is 802. The Morgan fingerprint density at radius 3 is 2.80 bits per heavy atom. The summed E-state index contributed by atoms with van der Waals surface area (Å²) in [6.45, 7) is 6.14. The van der Waals surface area contributed by atoms with E-state index >= 15 is 0 Å². The predicted molar refractivity (Wildman–Crippen MR) is 103 cm³/mol. The predicted octanol–water partition coefficient (Wildman–Crippen LogP) is 5.12. The molecular weight excluding hydrogens is 378 g/mol. The zero-order chi connectivity index (χ0) is 17.6. The molecule has 0 radical (unpaired) electrons. The molecule has 0 saturated carbocycles. The number of halogens is 1. The van der Waals surface area contributed by atoms with Crippen molar-refractivity contribution in [3.8, 4) is 11.5 Å². The molecule has 4 heteroatoms. The monoisotopic (exact) mass is 401 g/mol. The van der Waals surface area contributed by atoms with Crippen LogP contribution in [0.4, 0.5) is 0 Å². The summed E-state index contributed by atoms with van der Waals surface area (Å²) >= 11 is 3.64. The first-order valence-corrected chi connectivity index (χ1v) is 9.63. The van der Waals surface area contributed by atoms with Crippen LogP contribution < -0.4 is 9.47 Å². The van der Waals surface area contributed by atoms with E-state index in [0.29, 0.717) is 6.04 Å². The third kappa shape index (κ3) is 3.30. The molecule has 0 amide bonds. The standard InChI is InChI=1S/C21H24BrNO2/c1-21(2)13-23(12-15-10-17(24-3)7-9-20(15)25-21)19-8-5-14-4-6-16(22)11-18(14)19/h4,6-7,9-11,19H,5,8,12-13H2,1-3H3. The minimum atomic E-state index is -0.228. The number of benzene rings is 2. The van der Waals surface area contributed by atoms with Crippen LogP contribution >= 0.6 is 15.9 Å². The van der Waals surface area contributed by atoms with E-state index in [9.17, 15) is 0 Å². The van der Waals surface area contributed by atoms with E-state index in [-0.39, 0.29) is 5.60 Å². The van der Waals surface area contributed by atoms with Crippen LogP contribution in [0.1, 0.15) is 43.0 Å². The zero-order valence-corrected chi connectivity index (χ0v) is 16.6. The minimum absolute atomic E-state index is 0.228. The van der Waals surface area contributed by atoms with Crippen molar-refractivity contribution in [2.75, 3.05) is 13.7 Å². The summed E-state index contributed by atoms with van der Waals surface area (Å²) in [7, 11) is 1.71.